The number of carboxylic acid groups (broad SMARTS) is 1. The molecule has 12 nitrogen and oxygen atoms in total. The average molecular weight is 563 g/mol. The van der Waals surface area contributed by atoms with Gasteiger partial charge in [0.25, 0.3) is 0 Å². The van der Waals surface area contributed by atoms with E-state index in [2.05, 4.69) is 30.3 Å². The van der Waals surface area contributed by atoms with Gasteiger partial charge in [0, 0.05) is 44.0 Å². The van der Waals surface area contributed by atoms with Gasteiger partial charge in [0.2, 0.25) is 10.0 Å². The number of nitrogen functional groups attached to an aromatic ring is 1. The predicted octanol–water partition coefficient (Wildman–Crippen LogP) is 1.03. The fraction of sp³-hybridized carbons (Fsp3) is 0.381. The Bertz CT molecular complexity index is 1300. The summed E-state index contributed by atoms with van der Waals surface area (Å²) in [5.41, 5.74) is 8.12. The molecule has 0 atom stereocenters. The fourth-order valence-corrected chi connectivity index (χ4v) is 3.70. The molecule has 17 heteroatoms. The molecule has 0 radical (unpaired) electrons. The lowest BCUT2D eigenvalue weighted by Gasteiger charge is -2.07. The van der Waals surface area contributed by atoms with E-state index in [0.717, 1.165) is 11.3 Å². The lowest BCUT2D eigenvalue weighted by atomic mass is 10.2. The summed E-state index contributed by atoms with van der Waals surface area (Å²) in [5.74, 6) is -2.15. The number of aryl methyl sites for hydroxylation is 1. The number of hydrogen-bond acceptors (Lipinski definition) is 9. The van der Waals surface area contributed by atoms with Crippen LogP contribution in [-0.4, -0.2) is 69.5 Å². The quantitative estimate of drug-likeness (QED) is 0.195. The lowest BCUT2D eigenvalue weighted by Crippen LogP contribution is -2.32. The third-order valence-electron chi connectivity index (χ3n) is 4.69. The second-order valence-corrected chi connectivity index (χ2v) is 9.73. The molecule has 3 rings (SSSR count). The molecule has 0 unspecified atom stereocenters. The summed E-state index contributed by atoms with van der Waals surface area (Å²) in [6.45, 7) is 3.17. The summed E-state index contributed by atoms with van der Waals surface area (Å²) in [7, 11) is -3.43. The van der Waals surface area contributed by atoms with Crippen molar-refractivity contribution in [1.82, 2.24) is 35.0 Å². The minimum Gasteiger partial charge on any atom is -0.475 e. The molecule has 38 heavy (non-hydrogen) atoms. The van der Waals surface area contributed by atoms with Crippen LogP contribution in [0.2, 0.25) is 0 Å². The van der Waals surface area contributed by atoms with Crippen LogP contribution in [0.5, 0.6) is 0 Å². The first-order chi connectivity index (χ1) is 17.7. The van der Waals surface area contributed by atoms with Crippen molar-refractivity contribution in [3.63, 3.8) is 0 Å². The van der Waals surface area contributed by atoms with Gasteiger partial charge < -0.3 is 16.2 Å². The number of carbonyl (C=O) groups is 1. The zero-order chi connectivity index (χ0) is 28.3. The molecule has 0 saturated carbocycles. The van der Waals surface area contributed by atoms with E-state index in [9.17, 15) is 26.0 Å². The van der Waals surface area contributed by atoms with Crippen LogP contribution in [0, 0.1) is 12.7 Å². The number of carboxylic acids is 1. The molecule has 0 bridgehead atoms. The Labute approximate surface area is 215 Å². The number of alkyl halides is 3. The van der Waals surface area contributed by atoms with Crippen molar-refractivity contribution < 1.29 is 35.9 Å². The first-order valence-electron chi connectivity index (χ1n) is 10.9. The Morgan fingerprint density at radius 1 is 1.18 bits per heavy atom. The smallest absolute Gasteiger partial charge is 0.475 e. The molecule has 0 fully saturated rings. The number of anilines is 1. The second kappa shape index (κ2) is 13.7. The van der Waals surface area contributed by atoms with Crippen LogP contribution in [0.1, 0.15) is 22.6 Å². The van der Waals surface area contributed by atoms with Gasteiger partial charge in [-0.3, -0.25) is 0 Å². The standard InChI is InChI=1S/C19H25FN8O2S.C2HF3O2/c1-14-23-11-16(19(21)25-14)12-28-13-18(26-27-28)6-7-22-8-9-31(29,30)24-10-15-2-4-17(20)5-3-15;3-2(4,5)1(6)7/h2-5,11,13,22,24H,6-10,12H2,1H3,(H2,21,23,25);(H,6,7). The van der Waals surface area contributed by atoms with Gasteiger partial charge in [0.05, 0.1) is 18.0 Å². The zero-order valence-electron chi connectivity index (χ0n) is 20.1. The highest BCUT2D eigenvalue weighted by Gasteiger charge is 2.38. The van der Waals surface area contributed by atoms with Gasteiger partial charge in [0.1, 0.15) is 17.5 Å². The van der Waals surface area contributed by atoms with Gasteiger partial charge >= 0.3 is 12.1 Å². The predicted molar refractivity (Wildman–Crippen MR) is 128 cm³/mol. The summed E-state index contributed by atoms with van der Waals surface area (Å²) in [6, 6.07) is 5.68. The summed E-state index contributed by atoms with van der Waals surface area (Å²) >= 11 is 0. The molecule has 3 aromatic rings. The van der Waals surface area contributed by atoms with E-state index in [1.165, 1.54) is 12.1 Å². The van der Waals surface area contributed by atoms with E-state index < -0.39 is 22.2 Å². The highest BCUT2D eigenvalue weighted by Crippen LogP contribution is 2.13. The fourth-order valence-electron chi connectivity index (χ4n) is 2.75. The van der Waals surface area contributed by atoms with Crippen molar-refractivity contribution in [2.75, 3.05) is 24.6 Å². The van der Waals surface area contributed by atoms with Crippen molar-refractivity contribution in [2.45, 2.75) is 32.6 Å². The molecular formula is C21H26F4N8O4S. The van der Waals surface area contributed by atoms with Gasteiger partial charge in [-0.15, -0.1) is 5.10 Å². The molecule has 208 valence electrons. The monoisotopic (exact) mass is 562 g/mol. The van der Waals surface area contributed by atoms with Crippen LogP contribution < -0.4 is 15.8 Å². The van der Waals surface area contributed by atoms with E-state index in [-0.39, 0.29) is 18.1 Å². The molecule has 2 heterocycles. The first kappa shape index (κ1) is 30.5. The van der Waals surface area contributed by atoms with Crippen molar-refractivity contribution in [3.05, 3.63) is 65.1 Å². The number of rotatable bonds is 11. The van der Waals surface area contributed by atoms with Crippen LogP contribution in [0.4, 0.5) is 23.4 Å². The van der Waals surface area contributed by atoms with Gasteiger partial charge in [-0.05, 0) is 24.6 Å². The SMILES string of the molecule is Cc1ncc(Cn2cc(CCNCCS(=O)(=O)NCc3ccc(F)cc3)nn2)c(N)n1.O=C(O)C(F)(F)F. The molecule has 1 aromatic carbocycles. The van der Waals surface area contributed by atoms with Gasteiger partial charge in [0.15, 0.2) is 0 Å². The molecule has 2 aromatic heterocycles. The Kier molecular flexibility index (Phi) is 11.0. The molecule has 0 aliphatic carbocycles. The Balaban J connectivity index is 0.000000638. The van der Waals surface area contributed by atoms with Gasteiger partial charge in [-0.25, -0.2) is 37.0 Å². The van der Waals surface area contributed by atoms with E-state index in [0.29, 0.717) is 43.3 Å². The number of hydrogen-bond donors (Lipinski definition) is 4. The number of nitrogens with zero attached hydrogens (tertiary/aromatic N) is 5. The highest BCUT2D eigenvalue weighted by molar-refractivity contribution is 7.89. The molecule has 0 saturated heterocycles. The van der Waals surface area contributed by atoms with E-state index >= 15 is 0 Å². The second-order valence-electron chi connectivity index (χ2n) is 7.80. The Morgan fingerprint density at radius 2 is 1.84 bits per heavy atom. The molecule has 0 amide bonds. The maximum atomic E-state index is 12.9. The molecule has 0 aliphatic heterocycles. The van der Waals surface area contributed by atoms with Crippen molar-refractivity contribution in [2.24, 2.45) is 0 Å². The number of aliphatic carboxylic acids is 1. The minimum atomic E-state index is -5.08. The average Bonchev–Trinajstić information content (AvgIpc) is 3.27. The Hall–Kier alpha value is -3.70. The topological polar surface area (TPSA) is 178 Å². The largest absolute Gasteiger partial charge is 0.490 e. The number of benzene rings is 1. The van der Waals surface area contributed by atoms with Crippen LogP contribution in [0.15, 0.2) is 36.7 Å². The number of nitrogens with two attached hydrogens (primary N) is 1. The van der Waals surface area contributed by atoms with Crippen LogP contribution in [-0.2, 0) is 34.3 Å². The van der Waals surface area contributed by atoms with E-state index in [1.54, 1.807) is 29.9 Å². The van der Waals surface area contributed by atoms with Crippen molar-refractivity contribution in [1.29, 1.82) is 0 Å². The minimum absolute atomic E-state index is 0.0619. The number of halogens is 4. The van der Waals surface area contributed by atoms with Gasteiger partial charge in [-0.2, -0.15) is 13.2 Å². The molecule has 0 aliphatic rings. The number of sulfonamides is 1. The molecule has 0 spiro atoms. The first-order valence-corrected chi connectivity index (χ1v) is 12.6. The van der Waals surface area contributed by atoms with Crippen LogP contribution in [0.3, 0.4) is 0 Å². The van der Waals surface area contributed by atoms with Gasteiger partial charge in [-0.1, -0.05) is 17.3 Å². The third kappa shape index (κ3) is 11.1. The summed E-state index contributed by atoms with van der Waals surface area (Å²) in [4.78, 5) is 17.2. The third-order valence-corrected chi connectivity index (χ3v) is 6.02. The normalized spacial score (nSPS) is 11.6. The molecular weight excluding hydrogens is 536 g/mol. The van der Waals surface area contributed by atoms with Crippen LogP contribution >= 0.6 is 0 Å². The lowest BCUT2D eigenvalue weighted by molar-refractivity contribution is -0.192. The summed E-state index contributed by atoms with van der Waals surface area (Å²) in [6.07, 6.45) is -1.00. The van der Waals surface area contributed by atoms with Crippen LogP contribution in [0.25, 0.3) is 0 Å². The number of nitrogens with one attached hydrogen (secondary N) is 2. The van der Waals surface area contributed by atoms with E-state index in [1.807, 2.05) is 6.20 Å². The Morgan fingerprint density at radius 3 is 2.45 bits per heavy atom. The number of aromatic nitrogens is 5. The highest BCUT2D eigenvalue weighted by atomic mass is 32.2. The summed E-state index contributed by atoms with van der Waals surface area (Å²) in [5, 5.41) is 18.4. The summed E-state index contributed by atoms with van der Waals surface area (Å²) < 4.78 is 72.9. The maximum Gasteiger partial charge on any atom is 0.490 e. The van der Waals surface area contributed by atoms with E-state index in [4.69, 9.17) is 15.6 Å². The zero-order valence-corrected chi connectivity index (χ0v) is 20.9. The maximum absolute atomic E-state index is 12.9. The van der Waals surface area contributed by atoms with Crippen molar-refractivity contribution in [3.8, 4) is 0 Å². The molecule has 5 N–H and O–H groups in total. The van der Waals surface area contributed by atoms with Crippen molar-refractivity contribution >= 4 is 21.8 Å².